The number of thiazole rings is 1. The summed E-state index contributed by atoms with van der Waals surface area (Å²) in [6.45, 7) is 5.56. The second-order valence-corrected chi connectivity index (χ2v) is 7.67. The van der Waals surface area contributed by atoms with Crippen LogP contribution in [-0.2, 0) is 16.0 Å². The number of carbonyl (C=O) groups is 2. The van der Waals surface area contributed by atoms with E-state index in [4.69, 9.17) is 0 Å². The smallest absolute Gasteiger partial charge is 0.236 e. The van der Waals surface area contributed by atoms with Crippen molar-refractivity contribution >= 4 is 23.2 Å². The first-order valence-electron chi connectivity index (χ1n) is 8.82. The van der Waals surface area contributed by atoms with E-state index in [-0.39, 0.29) is 17.9 Å². The number of likely N-dealkylation sites (tertiary alicyclic amines) is 1. The average Bonchev–Trinajstić information content (AvgIpc) is 3.00. The molecule has 0 radical (unpaired) electrons. The molecule has 0 aliphatic carbocycles. The molecule has 1 atom stereocenters. The van der Waals surface area contributed by atoms with Crippen molar-refractivity contribution in [2.75, 3.05) is 32.7 Å². The largest absolute Gasteiger partial charge is 0.341 e. The van der Waals surface area contributed by atoms with Crippen molar-refractivity contribution in [1.82, 2.24) is 20.1 Å². The van der Waals surface area contributed by atoms with Crippen molar-refractivity contribution < 1.29 is 9.59 Å². The van der Waals surface area contributed by atoms with Gasteiger partial charge < -0.3 is 15.1 Å². The first-order valence-corrected chi connectivity index (χ1v) is 9.70. The monoisotopic (exact) mass is 350 g/mol. The molecule has 7 heteroatoms. The SMILES string of the molecule is Cc1nc(CCCC(=O)N2CCCC(N3CCNCC3=O)C2)cs1. The maximum Gasteiger partial charge on any atom is 0.236 e. The predicted octanol–water partition coefficient (Wildman–Crippen LogP) is 1.20. The summed E-state index contributed by atoms with van der Waals surface area (Å²) in [4.78, 5) is 32.9. The van der Waals surface area contributed by atoms with Crippen LogP contribution in [0.15, 0.2) is 5.38 Å². The Labute approximate surface area is 147 Å². The summed E-state index contributed by atoms with van der Waals surface area (Å²) >= 11 is 1.66. The number of amides is 2. The molecule has 132 valence electrons. The first-order chi connectivity index (χ1) is 11.6. The molecule has 0 aromatic carbocycles. The highest BCUT2D eigenvalue weighted by Crippen LogP contribution is 2.18. The molecule has 6 nitrogen and oxygen atoms in total. The Balaban J connectivity index is 1.46. The summed E-state index contributed by atoms with van der Waals surface area (Å²) in [5.74, 6) is 0.383. The van der Waals surface area contributed by atoms with Crippen LogP contribution in [0.5, 0.6) is 0 Å². The minimum absolute atomic E-state index is 0.166. The van der Waals surface area contributed by atoms with Crippen LogP contribution in [0.25, 0.3) is 0 Å². The van der Waals surface area contributed by atoms with Gasteiger partial charge in [0.05, 0.1) is 17.2 Å². The van der Waals surface area contributed by atoms with Gasteiger partial charge in [-0.25, -0.2) is 4.98 Å². The standard InChI is InChI=1S/C17H26N4O2S/c1-13-19-14(12-24-13)4-2-6-16(22)20-8-3-5-15(11-20)21-9-7-18-10-17(21)23/h12,15,18H,2-11H2,1H3. The molecule has 2 saturated heterocycles. The lowest BCUT2D eigenvalue weighted by Gasteiger charge is -2.41. The fraction of sp³-hybridized carbons (Fsp3) is 0.706. The zero-order valence-corrected chi connectivity index (χ0v) is 15.1. The van der Waals surface area contributed by atoms with Crippen molar-refractivity contribution in [2.24, 2.45) is 0 Å². The molecule has 24 heavy (non-hydrogen) atoms. The molecule has 2 amide bonds. The predicted molar refractivity (Wildman–Crippen MR) is 94.0 cm³/mol. The Morgan fingerprint density at radius 1 is 1.46 bits per heavy atom. The lowest BCUT2D eigenvalue weighted by atomic mass is 10.0. The quantitative estimate of drug-likeness (QED) is 0.867. The molecule has 0 spiro atoms. The molecule has 2 fully saturated rings. The molecule has 0 saturated carbocycles. The van der Waals surface area contributed by atoms with E-state index in [0.29, 0.717) is 19.5 Å². The number of nitrogens with zero attached hydrogens (tertiary/aromatic N) is 3. The minimum atomic E-state index is 0.166. The van der Waals surface area contributed by atoms with Gasteiger partial charge in [-0.05, 0) is 32.6 Å². The van der Waals surface area contributed by atoms with E-state index < -0.39 is 0 Å². The third-order valence-electron chi connectivity index (χ3n) is 4.81. The van der Waals surface area contributed by atoms with E-state index in [9.17, 15) is 9.59 Å². The number of rotatable bonds is 5. The third-order valence-corrected chi connectivity index (χ3v) is 5.63. The van der Waals surface area contributed by atoms with Crippen molar-refractivity contribution in [3.05, 3.63) is 16.1 Å². The van der Waals surface area contributed by atoms with Gasteiger partial charge in [0.25, 0.3) is 0 Å². The number of nitrogens with one attached hydrogen (secondary N) is 1. The Morgan fingerprint density at radius 2 is 2.33 bits per heavy atom. The summed E-state index contributed by atoms with van der Waals surface area (Å²) in [6, 6.07) is 0.193. The number of hydrogen-bond acceptors (Lipinski definition) is 5. The zero-order chi connectivity index (χ0) is 16.9. The van der Waals surface area contributed by atoms with Crippen LogP contribution in [0.3, 0.4) is 0 Å². The van der Waals surface area contributed by atoms with Gasteiger partial charge >= 0.3 is 0 Å². The molecule has 0 bridgehead atoms. The highest BCUT2D eigenvalue weighted by atomic mass is 32.1. The topological polar surface area (TPSA) is 65.5 Å². The van der Waals surface area contributed by atoms with E-state index in [1.54, 1.807) is 11.3 Å². The molecular weight excluding hydrogens is 324 g/mol. The summed E-state index contributed by atoms with van der Waals surface area (Å²) < 4.78 is 0. The number of hydrogen-bond donors (Lipinski definition) is 1. The van der Waals surface area contributed by atoms with Crippen LogP contribution in [0.2, 0.25) is 0 Å². The molecule has 1 unspecified atom stereocenters. The maximum atomic E-state index is 12.5. The minimum Gasteiger partial charge on any atom is -0.341 e. The van der Waals surface area contributed by atoms with E-state index in [2.05, 4.69) is 15.7 Å². The fourth-order valence-electron chi connectivity index (χ4n) is 3.54. The lowest BCUT2D eigenvalue weighted by Crippen LogP contribution is -2.57. The van der Waals surface area contributed by atoms with Gasteiger partial charge in [0.2, 0.25) is 11.8 Å². The van der Waals surface area contributed by atoms with Crippen molar-refractivity contribution in [3.8, 4) is 0 Å². The van der Waals surface area contributed by atoms with Gasteiger partial charge in [0.15, 0.2) is 0 Å². The molecule has 2 aliphatic rings. The lowest BCUT2D eigenvalue weighted by molar-refractivity contribution is -0.140. The van der Waals surface area contributed by atoms with E-state index in [0.717, 1.165) is 56.0 Å². The van der Waals surface area contributed by atoms with Gasteiger partial charge in [-0.1, -0.05) is 0 Å². The Hall–Kier alpha value is -1.47. The normalized spacial score (nSPS) is 22.0. The van der Waals surface area contributed by atoms with Crippen LogP contribution in [0.4, 0.5) is 0 Å². The summed E-state index contributed by atoms with van der Waals surface area (Å²) in [6.07, 6.45) is 4.27. The van der Waals surface area contributed by atoms with Gasteiger partial charge in [-0.15, -0.1) is 11.3 Å². The van der Waals surface area contributed by atoms with Crippen LogP contribution in [0, 0.1) is 6.92 Å². The zero-order valence-electron chi connectivity index (χ0n) is 14.3. The van der Waals surface area contributed by atoms with E-state index in [1.165, 1.54) is 0 Å². The number of carbonyl (C=O) groups excluding carboxylic acids is 2. The third kappa shape index (κ3) is 4.33. The Morgan fingerprint density at radius 3 is 3.08 bits per heavy atom. The van der Waals surface area contributed by atoms with Crippen molar-refractivity contribution in [3.63, 3.8) is 0 Å². The molecule has 3 rings (SSSR count). The van der Waals surface area contributed by atoms with Gasteiger partial charge in [-0.3, -0.25) is 9.59 Å². The molecular formula is C17H26N4O2S. The van der Waals surface area contributed by atoms with Crippen LogP contribution < -0.4 is 5.32 Å². The van der Waals surface area contributed by atoms with E-state index in [1.807, 2.05) is 16.7 Å². The van der Waals surface area contributed by atoms with Gasteiger partial charge in [0.1, 0.15) is 0 Å². The van der Waals surface area contributed by atoms with Gasteiger partial charge in [0, 0.05) is 44.0 Å². The summed E-state index contributed by atoms with van der Waals surface area (Å²) in [5.41, 5.74) is 1.09. The van der Waals surface area contributed by atoms with E-state index >= 15 is 0 Å². The first kappa shape index (κ1) is 17.4. The molecule has 1 aromatic heterocycles. The maximum absolute atomic E-state index is 12.5. The number of aryl methyl sites for hydroxylation is 2. The fourth-order valence-corrected chi connectivity index (χ4v) is 4.19. The number of piperazine rings is 1. The second kappa shape index (κ2) is 8.07. The molecule has 1 aromatic rings. The van der Waals surface area contributed by atoms with Crippen molar-refractivity contribution in [2.45, 2.75) is 45.1 Å². The van der Waals surface area contributed by atoms with Crippen LogP contribution >= 0.6 is 11.3 Å². The molecule has 3 heterocycles. The molecule has 1 N–H and O–H groups in total. The highest BCUT2D eigenvalue weighted by molar-refractivity contribution is 7.09. The summed E-state index contributed by atoms with van der Waals surface area (Å²) in [7, 11) is 0. The average molecular weight is 350 g/mol. The summed E-state index contributed by atoms with van der Waals surface area (Å²) in [5, 5.41) is 6.26. The Kier molecular flexibility index (Phi) is 5.84. The van der Waals surface area contributed by atoms with Crippen LogP contribution in [0.1, 0.15) is 36.4 Å². The molecule has 2 aliphatic heterocycles. The number of piperidine rings is 1. The second-order valence-electron chi connectivity index (χ2n) is 6.61. The highest BCUT2D eigenvalue weighted by Gasteiger charge is 2.31. The van der Waals surface area contributed by atoms with Gasteiger partial charge in [-0.2, -0.15) is 0 Å². The number of aromatic nitrogens is 1. The van der Waals surface area contributed by atoms with Crippen molar-refractivity contribution in [1.29, 1.82) is 0 Å². The van der Waals surface area contributed by atoms with Crippen LogP contribution in [-0.4, -0.2) is 65.4 Å². The Bertz CT molecular complexity index is 589.